The molecule has 1 rings (SSSR count). The fourth-order valence-electron chi connectivity index (χ4n) is 0.324. The van der Waals surface area contributed by atoms with Crippen molar-refractivity contribution >= 4 is 12.4 Å². The van der Waals surface area contributed by atoms with Crippen LogP contribution in [-0.4, -0.2) is 18.0 Å². The summed E-state index contributed by atoms with van der Waals surface area (Å²) in [5, 5.41) is 0.181. The smallest absolute Gasteiger partial charge is 0.181 e. The van der Waals surface area contributed by atoms with Crippen LogP contribution in [0.3, 0.4) is 0 Å². The van der Waals surface area contributed by atoms with Crippen molar-refractivity contribution in [2.75, 3.05) is 6.54 Å². The summed E-state index contributed by atoms with van der Waals surface area (Å²) in [4.78, 5) is 0. The zero-order chi connectivity index (χ0) is 4.57. The summed E-state index contributed by atoms with van der Waals surface area (Å²) >= 11 is 0. The van der Waals surface area contributed by atoms with Gasteiger partial charge in [-0.25, -0.2) is 4.39 Å². The summed E-state index contributed by atoms with van der Waals surface area (Å²) < 4.78 is 22.8. The van der Waals surface area contributed by atoms with E-state index in [-0.39, 0.29) is 24.1 Å². The highest BCUT2D eigenvalue weighted by molar-refractivity contribution is 5.85. The van der Waals surface area contributed by atoms with Gasteiger partial charge in [-0.05, 0) is 0 Å². The van der Waals surface area contributed by atoms with E-state index in [0.29, 0.717) is 6.42 Å². The molecule has 0 aromatic rings. The molecule has 1 aliphatic rings. The van der Waals surface area contributed by atoms with E-state index in [1.807, 2.05) is 0 Å². The third-order valence-electron chi connectivity index (χ3n) is 0.885. The first kappa shape index (κ1) is 7.11. The number of alkyl halides is 1. The van der Waals surface area contributed by atoms with Crippen molar-refractivity contribution in [1.82, 2.24) is 5.12 Å². The molecule has 0 spiro atoms. The largest absolute Gasteiger partial charge is 0.228 e. The summed E-state index contributed by atoms with van der Waals surface area (Å²) in [6.07, 6.45) is -0.943. The molecule has 1 atom stereocenters. The standard InChI is InChI=1S/C3H5F2N.ClH/c4-3-1-2-6(3)5;/h3H,1-2H2;1H. The second kappa shape index (κ2) is 2.43. The van der Waals surface area contributed by atoms with Crippen LogP contribution in [0.1, 0.15) is 6.42 Å². The molecule has 0 saturated carbocycles. The maximum atomic E-state index is 11.5. The summed E-state index contributed by atoms with van der Waals surface area (Å²) in [6.45, 7) is 0.265. The molecule has 0 N–H and O–H groups in total. The normalized spacial score (nSPS) is 30.9. The highest BCUT2D eigenvalue weighted by Crippen LogP contribution is 2.16. The van der Waals surface area contributed by atoms with Crippen LogP contribution < -0.4 is 0 Å². The molecule has 1 aliphatic heterocycles. The maximum Gasteiger partial charge on any atom is 0.181 e. The minimum absolute atomic E-state index is 0. The summed E-state index contributed by atoms with van der Waals surface area (Å²) in [7, 11) is 0. The third-order valence-corrected chi connectivity index (χ3v) is 0.885. The van der Waals surface area contributed by atoms with E-state index in [1.54, 1.807) is 0 Å². The van der Waals surface area contributed by atoms with Gasteiger partial charge in [0.15, 0.2) is 6.30 Å². The SMILES string of the molecule is Cl.FC1CCN1F. The minimum atomic E-state index is -1.30. The van der Waals surface area contributed by atoms with Crippen LogP contribution in [0.2, 0.25) is 0 Å². The van der Waals surface area contributed by atoms with E-state index >= 15 is 0 Å². The number of nitrogens with zero attached hydrogens (tertiary/aromatic N) is 1. The van der Waals surface area contributed by atoms with Gasteiger partial charge in [0.25, 0.3) is 0 Å². The zero-order valence-corrected chi connectivity index (χ0v) is 4.42. The maximum absolute atomic E-state index is 11.5. The van der Waals surface area contributed by atoms with Crippen LogP contribution in [0, 0.1) is 0 Å². The van der Waals surface area contributed by atoms with Gasteiger partial charge in [-0.1, -0.05) is 0 Å². The molecule has 0 bridgehead atoms. The Labute approximate surface area is 46.6 Å². The summed E-state index contributed by atoms with van der Waals surface area (Å²) in [5.41, 5.74) is 0. The molecule has 1 nitrogen and oxygen atoms in total. The van der Waals surface area contributed by atoms with Gasteiger partial charge < -0.3 is 0 Å². The van der Waals surface area contributed by atoms with Crippen LogP contribution in [-0.2, 0) is 0 Å². The Morgan fingerprint density at radius 3 is 2.00 bits per heavy atom. The van der Waals surface area contributed by atoms with E-state index < -0.39 is 6.30 Å². The van der Waals surface area contributed by atoms with E-state index in [0.717, 1.165) is 0 Å². The van der Waals surface area contributed by atoms with E-state index in [4.69, 9.17) is 0 Å². The van der Waals surface area contributed by atoms with E-state index in [2.05, 4.69) is 0 Å². The quantitative estimate of drug-likeness (QED) is 0.352. The lowest BCUT2D eigenvalue weighted by atomic mass is 10.3. The Hall–Kier alpha value is 0.110. The Balaban J connectivity index is 0.000000360. The molecule has 0 aromatic heterocycles. The van der Waals surface area contributed by atoms with Gasteiger partial charge in [-0.3, -0.25) is 0 Å². The molecular weight excluding hydrogens is 123 g/mol. The number of hydrogen-bond donors (Lipinski definition) is 0. The topological polar surface area (TPSA) is 3.24 Å². The molecule has 1 unspecified atom stereocenters. The summed E-state index contributed by atoms with van der Waals surface area (Å²) in [5.74, 6) is 0. The molecular formula is C3H6ClF2N. The van der Waals surface area contributed by atoms with Gasteiger partial charge in [0.05, 0.1) is 0 Å². The van der Waals surface area contributed by atoms with Crippen molar-refractivity contribution in [2.24, 2.45) is 0 Å². The van der Waals surface area contributed by atoms with Crippen LogP contribution >= 0.6 is 12.4 Å². The fraction of sp³-hybridized carbons (Fsp3) is 1.00. The minimum Gasteiger partial charge on any atom is -0.228 e. The molecule has 0 aliphatic carbocycles. The fourth-order valence-corrected chi connectivity index (χ4v) is 0.324. The molecule has 0 amide bonds. The number of halogens is 3. The summed E-state index contributed by atoms with van der Waals surface area (Å²) in [6, 6.07) is 0. The lowest BCUT2D eigenvalue weighted by molar-refractivity contribution is -0.149. The molecule has 0 radical (unpaired) electrons. The van der Waals surface area contributed by atoms with E-state index in [9.17, 15) is 8.87 Å². The third kappa shape index (κ3) is 1.24. The van der Waals surface area contributed by atoms with Gasteiger partial charge in [0.1, 0.15) is 0 Å². The van der Waals surface area contributed by atoms with Gasteiger partial charge in [-0.15, -0.1) is 22.0 Å². The predicted octanol–water partition coefficient (Wildman–Crippen LogP) is 1.29. The van der Waals surface area contributed by atoms with Crippen LogP contribution in [0.15, 0.2) is 0 Å². The second-order valence-electron chi connectivity index (χ2n) is 1.35. The van der Waals surface area contributed by atoms with Crippen molar-refractivity contribution in [1.29, 1.82) is 0 Å². The molecule has 7 heavy (non-hydrogen) atoms. The second-order valence-corrected chi connectivity index (χ2v) is 1.35. The molecule has 4 heteroatoms. The van der Waals surface area contributed by atoms with Crippen molar-refractivity contribution < 1.29 is 8.87 Å². The van der Waals surface area contributed by atoms with Crippen LogP contribution in [0.4, 0.5) is 8.87 Å². The van der Waals surface area contributed by atoms with Gasteiger partial charge in [-0.2, -0.15) is 0 Å². The van der Waals surface area contributed by atoms with Gasteiger partial charge >= 0.3 is 0 Å². The average molecular weight is 130 g/mol. The first-order valence-corrected chi connectivity index (χ1v) is 1.87. The highest BCUT2D eigenvalue weighted by Gasteiger charge is 2.26. The van der Waals surface area contributed by atoms with Crippen molar-refractivity contribution in [2.45, 2.75) is 12.7 Å². The average Bonchev–Trinajstić information content (AvgIpc) is 1.61. The zero-order valence-electron chi connectivity index (χ0n) is 3.60. The van der Waals surface area contributed by atoms with Crippen LogP contribution in [0.25, 0.3) is 0 Å². The van der Waals surface area contributed by atoms with Gasteiger partial charge in [0.2, 0.25) is 0 Å². The number of rotatable bonds is 0. The first-order valence-electron chi connectivity index (χ1n) is 1.87. The molecule has 1 heterocycles. The van der Waals surface area contributed by atoms with Crippen molar-refractivity contribution in [3.05, 3.63) is 0 Å². The van der Waals surface area contributed by atoms with Crippen molar-refractivity contribution in [3.63, 3.8) is 0 Å². The molecule has 0 aromatic carbocycles. The molecule has 44 valence electrons. The van der Waals surface area contributed by atoms with Crippen molar-refractivity contribution in [3.8, 4) is 0 Å². The Morgan fingerprint density at radius 1 is 1.57 bits per heavy atom. The van der Waals surface area contributed by atoms with Crippen LogP contribution in [0.5, 0.6) is 0 Å². The number of hydrogen-bond acceptors (Lipinski definition) is 1. The monoisotopic (exact) mass is 129 g/mol. The Bertz CT molecular complexity index is 52.9. The highest BCUT2D eigenvalue weighted by atomic mass is 35.5. The first-order chi connectivity index (χ1) is 2.80. The molecule has 1 fully saturated rings. The van der Waals surface area contributed by atoms with E-state index in [1.165, 1.54) is 0 Å². The Kier molecular flexibility index (Phi) is 2.46. The lowest BCUT2D eigenvalue weighted by Crippen LogP contribution is -2.37. The van der Waals surface area contributed by atoms with Gasteiger partial charge in [0, 0.05) is 13.0 Å². The lowest BCUT2D eigenvalue weighted by Gasteiger charge is -2.24. The Morgan fingerprint density at radius 2 is 2.00 bits per heavy atom. The molecule has 1 saturated heterocycles. The predicted molar refractivity (Wildman–Crippen MR) is 24.6 cm³/mol.